The van der Waals surface area contributed by atoms with Crippen LogP contribution in [0, 0.1) is 11.8 Å². The summed E-state index contributed by atoms with van der Waals surface area (Å²) in [5.41, 5.74) is 5.67. The van der Waals surface area contributed by atoms with Crippen molar-refractivity contribution in [2.24, 2.45) is 17.6 Å². The largest absolute Gasteiger partial charge is 0.396 e. The third kappa shape index (κ3) is 2.45. The first-order chi connectivity index (χ1) is 6.56. The first kappa shape index (κ1) is 11.5. The van der Waals surface area contributed by atoms with Crippen LogP contribution in [0.4, 0.5) is 0 Å². The lowest BCUT2D eigenvalue weighted by Crippen LogP contribution is -2.40. The number of amides is 1. The number of nitrogens with two attached hydrogens (primary N) is 1. The minimum Gasteiger partial charge on any atom is -0.396 e. The summed E-state index contributed by atoms with van der Waals surface area (Å²) in [4.78, 5) is 13.6. The van der Waals surface area contributed by atoms with Crippen LogP contribution in [0.15, 0.2) is 0 Å². The van der Waals surface area contributed by atoms with Crippen molar-refractivity contribution >= 4 is 5.91 Å². The van der Waals surface area contributed by atoms with Crippen LogP contribution >= 0.6 is 0 Å². The highest BCUT2D eigenvalue weighted by Crippen LogP contribution is 2.18. The molecule has 0 aromatic heterocycles. The Kier molecular flexibility index (Phi) is 3.89. The van der Waals surface area contributed by atoms with Gasteiger partial charge < -0.3 is 15.7 Å². The molecule has 1 rings (SSSR count). The molecule has 0 aromatic rings. The average Bonchev–Trinajstić information content (AvgIpc) is 2.63. The zero-order chi connectivity index (χ0) is 10.7. The van der Waals surface area contributed by atoms with E-state index in [9.17, 15) is 4.79 Å². The van der Waals surface area contributed by atoms with Gasteiger partial charge >= 0.3 is 0 Å². The highest BCUT2D eigenvalue weighted by molar-refractivity contribution is 5.79. The third-order valence-electron chi connectivity index (χ3n) is 3.03. The van der Waals surface area contributed by atoms with E-state index < -0.39 is 0 Å². The summed E-state index contributed by atoms with van der Waals surface area (Å²) >= 11 is 0. The van der Waals surface area contributed by atoms with Gasteiger partial charge in [0, 0.05) is 31.7 Å². The fraction of sp³-hybridized carbons (Fsp3) is 0.900. The second kappa shape index (κ2) is 4.75. The van der Waals surface area contributed by atoms with Crippen LogP contribution in [0.2, 0.25) is 0 Å². The van der Waals surface area contributed by atoms with Crippen molar-refractivity contribution in [3.05, 3.63) is 0 Å². The second-order valence-electron chi connectivity index (χ2n) is 4.27. The molecular weight excluding hydrogens is 180 g/mol. The van der Waals surface area contributed by atoms with Gasteiger partial charge in [0.1, 0.15) is 0 Å². The van der Waals surface area contributed by atoms with Gasteiger partial charge in [0.25, 0.3) is 0 Å². The molecule has 4 nitrogen and oxygen atoms in total. The molecule has 3 N–H and O–H groups in total. The standard InChI is InChI=1S/C10H20N2O2/c1-7(8(2)11)10(14)12-4-3-9(5-12)6-13/h7-9,13H,3-6,11H2,1-2H3. The fourth-order valence-electron chi connectivity index (χ4n) is 1.69. The summed E-state index contributed by atoms with van der Waals surface area (Å²) in [7, 11) is 0. The zero-order valence-corrected chi connectivity index (χ0v) is 8.94. The van der Waals surface area contributed by atoms with E-state index in [-0.39, 0.29) is 30.4 Å². The number of hydrogen-bond donors (Lipinski definition) is 2. The molecule has 0 aliphatic carbocycles. The summed E-state index contributed by atoms with van der Waals surface area (Å²) in [5, 5.41) is 8.95. The minimum atomic E-state index is -0.118. The van der Waals surface area contributed by atoms with E-state index in [4.69, 9.17) is 10.8 Å². The first-order valence-electron chi connectivity index (χ1n) is 5.21. The Hall–Kier alpha value is -0.610. The normalized spacial score (nSPS) is 26.3. The number of hydrogen-bond acceptors (Lipinski definition) is 3. The molecule has 3 unspecified atom stereocenters. The van der Waals surface area contributed by atoms with Crippen molar-refractivity contribution in [2.45, 2.75) is 26.3 Å². The molecule has 14 heavy (non-hydrogen) atoms. The van der Waals surface area contributed by atoms with Crippen molar-refractivity contribution in [2.75, 3.05) is 19.7 Å². The lowest BCUT2D eigenvalue weighted by atomic mass is 10.0. The van der Waals surface area contributed by atoms with E-state index in [0.717, 1.165) is 13.0 Å². The Morgan fingerprint density at radius 3 is 2.71 bits per heavy atom. The van der Waals surface area contributed by atoms with E-state index in [1.165, 1.54) is 0 Å². The summed E-state index contributed by atoms with van der Waals surface area (Å²) in [5.74, 6) is 0.266. The summed E-state index contributed by atoms with van der Waals surface area (Å²) < 4.78 is 0. The molecule has 0 spiro atoms. The van der Waals surface area contributed by atoms with Gasteiger partial charge in [-0.2, -0.15) is 0 Å². The number of nitrogens with zero attached hydrogens (tertiary/aromatic N) is 1. The molecule has 1 heterocycles. The van der Waals surface area contributed by atoms with Crippen LogP contribution in [-0.4, -0.2) is 41.7 Å². The van der Waals surface area contributed by atoms with Gasteiger partial charge in [-0.1, -0.05) is 6.92 Å². The fourth-order valence-corrected chi connectivity index (χ4v) is 1.69. The maximum atomic E-state index is 11.8. The lowest BCUT2D eigenvalue weighted by Gasteiger charge is -2.22. The lowest BCUT2D eigenvalue weighted by molar-refractivity contribution is -0.134. The molecule has 82 valence electrons. The first-order valence-corrected chi connectivity index (χ1v) is 5.21. The van der Waals surface area contributed by atoms with Crippen LogP contribution in [0.3, 0.4) is 0 Å². The van der Waals surface area contributed by atoms with Gasteiger partial charge in [-0.25, -0.2) is 0 Å². The van der Waals surface area contributed by atoms with Gasteiger partial charge in [0.15, 0.2) is 0 Å². The highest BCUT2D eigenvalue weighted by Gasteiger charge is 2.29. The maximum absolute atomic E-state index is 11.8. The van der Waals surface area contributed by atoms with E-state index in [1.54, 1.807) is 0 Å². The molecule has 4 heteroatoms. The van der Waals surface area contributed by atoms with Gasteiger partial charge in [-0.15, -0.1) is 0 Å². The molecule has 0 aromatic carbocycles. The number of likely N-dealkylation sites (tertiary alicyclic amines) is 1. The Morgan fingerprint density at radius 2 is 2.29 bits per heavy atom. The van der Waals surface area contributed by atoms with E-state index in [2.05, 4.69) is 0 Å². The van der Waals surface area contributed by atoms with Crippen molar-refractivity contribution in [3.8, 4) is 0 Å². The van der Waals surface area contributed by atoms with Crippen molar-refractivity contribution in [1.29, 1.82) is 0 Å². The molecule has 0 bridgehead atoms. The molecule has 1 amide bonds. The van der Waals surface area contributed by atoms with Crippen molar-refractivity contribution in [3.63, 3.8) is 0 Å². The summed E-state index contributed by atoms with van der Waals surface area (Å²) in [6, 6.07) is -0.101. The van der Waals surface area contributed by atoms with Crippen LogP contribution in [-0.2, 0) is 4.79 Å². The van der Waals surface area contributed by atoms with Crippen LogP contribution in [0.5, 0.6) is 0 Å². The predicted octanol–water partition coefficient (Wildman–Crippen LogP) is -0.189. The minimum absolute atomic E-state index is 0.101. The Balaban J connectivity index is 2.47. The van der Waals surface area contributed by atoms with Crippen molar-refractivity contribution < 1.29 is 9.90 Å². The quantitative estimate of drug-likeness (QED) is 0.663. The molecular formula is C10H20N2O2. The van der Waals surface area contributed by atoms with E-state index in [0.29, 0.717) is 6.54 Å². The maximum Gasteiger partial charge on any atom is 0.226 e. The third-order valence-corrected chi connectivity index (χ3v) is 3.03. The number of carbonyl (C=O) groups excluding carboxylic acids is 1. The molecule has 1 aliphatic heterocycles. The summed E-state index contributed by atoms with van der Waals surface area (Å²) in [6.45, 7) is 5.34. The number of aliphatic hydroxyl groups excluding tert-OH is 1. The van der Waals surface area contributed by atoms with Crippen LogP contribution in [0.1, 0.15) is 20.3 Å². The summed E-state index contributed by atoms with van der Waals surface area (Å²) in [6.07, 6.45) is 0.911. The van der Waals surface area contributed by atoms with Gasteiger partial charge in [0.2, 0.25) is 5.91 Å². The number of carbonyl (C=O) groups is 1. The molecule has 0 saturated carbocycles. The van der Waals surface area contributed by atoms with Gasteiger partial charge in [-0.05, 0) is 13.3 Å². The number of aliphatic hydroxyl groups is 1. The average molecular weight is 200 g/mol. The SMILES string of the molecule is CC(N)C(C)C(=O)N1CCC(CO)C1. The van der Waals surface area contributed by atoms with Crippen LogP contribution < -0.4 is 5.73 Å². The molecule has 1 fully saturated rings. The second-order valence-corrected chi connectivity index (χ2v) is 4.27. The van der Waals surface area contributed by atoms with Gasteiger partial charge in [-0.3, -0.25) is 4.79 Å². The van der Waals surface area contributed by atoms with Gasteiger partial charge in [0.05, 0.1) is 5.92 Å². The molecule has 1 saturated heterocycles. The smallest absolute Gasteiger partial charge is 0.226 e. The Bertz CT molecular complexity index is 206. The number of rotatable bonds is 3. The topological polar surface area (TPSA) is 66.6 Å². The zero-order valence-electron chi connectivity index (χ0n) is 8.94. The highest BCUT2D eigenvalue weighted by atomic mass is 16.3. The molecule has 1 aliphatic rings. The Labute approximate surface area is 85.1 Å². The molecule has 0 radical (unpaired) electrons. The van der Waals surface area contributed by atoms with E-state index in [1.807, 2.05) is 18.7 Å². The Morgan fingerprint density at radius 1 is 1.64 bits per heavy atom. The molecule has 3 atom stereocenters. The van der Waals surface area contributed by atoms with Crippen LogP contribution in [0.25, 0.3) is 0 Å². The van der Waals surface area contributed by atoms with E-state index >= 15 is 0 Å². The monoisotopic (exact) mass is 200 g/mol. The van der Waals surface area contributed by atoms with Crippen molar-refractivity contribution in [1.82, 2.24) is 4.90 Å². The predicted molar refractivity (Wildman–Crippen MR) is 54.6 cm³/mol.